The zero-order valence-corrected chi connectivity index (χ0v) is 19.7. The van der Waals surface area contributed by atoms with Crippen molar-refractivity contribution < 1.29 is 0 Å². The molecule has 0 atom stereocenters. The second kappa shape index (κ2) is 10.6. The van der Waals surface area contributed by atoms with Crippen LogP contribution < -0.4 is 5.69 Å². The molecule has 3 heterocycles. The standard InChI is InChI=1S/C24H28ClN7O/c1-3-5-6-7-21-22(25)31(14-4-2)24(33)32(21)16-17-8-10-18(11-9-17)20-15-26-13-12-19(20)23-27-29-30-28-23/h8-13,15H,3-7,14,16H2,1-2H3,(H,27,28,29,30). The Kier molecular flexibility index (Phi) is 7.34. The first-order valence-corrected chi connectivity index (χ1v) is 11.8. The van der Waals surface area contributed by atoms with Gasteiger partial charge in [0.25, 0.3) is 0 Å². The van der Waals surface area contributed by atoms with Crippen molar-refractivity contribution in [1.82, 2.24) is 34.7 Å². The minimum atomic E-state index is -0.0372. The van der Waals surface area contributed by atoms with Crippen molar-refractivity contribution in [2.75, 3.05) is 0 Å². The Balaban J connectivity index is 1.63. The van der Waals surface area contributed by atoms with Gasteiger partial charge in [-0.25, -0.2) is 9.89 Å². The number of nitrogens with one attached hydrogen (secondary N) is 1. The molecule has 1 N–H and O–H groups in total. The maximum absolute atomic E-state index is 13.1. The van der Waals surface area contributed by atoms with Crippen molar-refractivity contribution in [2.45, 2.75) is 59.0 Å². The third kappa shape index (κ3) is 4.90. The number of rotatable bonds is 10. The van der Waals surface area contributed by atoms with Gasteiger partial charge in [-0.1, -0.05) is 62.6 Å². The maximum Gasteiger partial charge on any atom is 0.329 e. The Morgan fingerprint density at radius 2 is 1.82 bits per heavy atom. The predicted octanol–water partition coefficient (Wildman–Crippen LogP) is 4.74. The number of imidazole rings is 1. The summed E-state index contributed by atoms with van der Waals surface area (Å²) >= 11 is 6.65. The molecule has 0 unspecified atom stereocenters. The van der Waals surface area contributed by atoms with Crippen molar-refractivity contribution in [3.63, 3.8) is 0 Å². The average molecular weight is 466 g/mol. The van der Waals surface area contributed by atoms with Crippen LogP contribution in [0.25, 0.3) is 22.5 Å². The number of pyridine rings is 1. The Bertz CT molecular complexity index is 1240. The number of benzene rings is 1. The SMILES string of the molecule is CCCCCc1c(Cl)n(CCC)c(=O)n1Cc1ccc(-c2cnccc2-c2nnn[nH]2)cc1. The largest absolute Gasteiger partial charge is 0.329 e. The van der Waals surface area contributed by atoms with E-state index < -0.39 is 0 Å². The van der Waals surface area contributed by atoms with Gasteiger partial charge < -0.3 is 0 Å². The summed E-state index contributed by atoms with van der Waals surface area (Å²) in [6.45, 7) is 5.34. The molecule has 33 heavy (non-hydrogen) atoms. The summed E-state index contributed by atoms with van der Waals surface area (Å²) in [5.74, 6) is 0.589. The normalized spacial score (nSPS) is 11.2. The highest BCUT2D eigenvalue weighted by atomic mass is 35.5. The minimum Gasteiger partial charge on any atom is -0.290 e. The van der Waals surface area contributed by atoms with E-state index in [0.717, 1.165) is 60.1 Å². The highest BCUT2D eigenvalue weighted by Gasteiger charge is 2.18. The molecule has 0 aliphatic heterocycles. The average Bonchev–Trinajstić information content (AvgIpc) is 3.45. The number of tetrazole rings is 1. The van der Waals surface area contributed by atoms with Crippen LogP contribution in [0, 0.1) is 0 Å². The molecule has 0 amide bonds. The van der Waals surface area contributed by atoms with E-state index in [9.17, 15) is 4.79 Å². The lowest BCUT2D eigenvalue weighted by Gasteiger charge is -2.10. The number of aromatic amines is 1. The van der Waals surface area contributed by atoms with Gasteiger partial charge in [-0.2, -0.15) is 0 Å². The zero-order valence-electron chi connectivity index (χ0n) is 19.0. The van der Waals surface area contributed by atoms with E-state index in [0.29, 0.717) is 24.1 Å². The molecule has 3 aromatic heterocycles. The first kappa shape index (κ1) is 22.9. The molecule has 9 heteroatoms. The van der Waals surface area contributed by atoms with Crippen LogP contribution in [0.2, 0.25) is 5.15 Å². The van der Waals surface area contributed by atoms with E-state index in [1.165, 1.54) is 0 Å². The third-order valence-corrected chi connectivity index (χ3v) is 6.18. The summed E-state index contributed by atoms with van der Waals surface area (Å²) in [4.78, 5) is 17.4. The van der Waals surface area contributed by atoms with Gasteiger partial charge in [0, 0.05) is 30.1 Å². The number of halogens is 1. The van der Waals surface area contributed by atoms with Gasteiger partial charge in [-0.05, 0) is 46.9 Å². The van der Waals surface area contributed by atoms with Gasteiger partial charge in [0.2, 0.25) is 0 Å². The second-order valence-corrected chi connectivity index (χ2v) is 8.44. The Morgan fingerprint density at radius 1 is 1.00 bits per heavy atom. The van der Waals surface area contributed by atoms with Crippen LogP contribution in [-0.4, -0.2) is 34.7 Å². The highest BCUT2D eigenvalue weighted by molar-refractivity contribution is 6.30. The van der Waals surface area contributed by atoms with Crippen LogP contribution in [0.3, 0.4) is 0 Å². The summed E-state index contributed by atoms with van der Waals surface area (Å²) < 4.78 is 3.53. The van der Waals surface area contributed by atoms with Gasteiger partial charge in [0.1, 0.15) is 5.15 Å². The zero-order chi connectivity index (χ0) is 23.2. The summed E-state index contributed by atoms with van der Waals surface area (Å²) in [7, 11) is 0. The molecular formula is C24H28ClN7O. The van der Waals surface area contributed by atoms with Crippen molar-refractivity contribution in [3.05, 3.63) is 69.6 Å². The van der Waals surface area contributed by atoms with Crippen LogP contribution in [0.5, 0.6) is 0 Å². The Morgan fingerprint density at radius 3 is 2.52 bits per heavy atom. The van der Waals surface area contributed by atoms with Gasteiger partial charge in [0.15, 0.2) is 5.82 Å². The topological polar surface area (TPSA) is 94.3 Å². The lowest BCUT2D eigenvalue weighted by Crippen LogP contribution is -2.25. The van der Waals surface area contributed by atoms with Crippen LogP contribution in [-0.2, 0) is 19.5 Å². The van der Waals surface area contributed by atoms with Crippen LogP contribution in [0.4, 0.5) is 0 Å². The molecular weight excluding hydrogens is 438 g/mol. The maximum atomic E-state index is 13.1. The summed E-state index contributed by atoms with van der Waals surface area (Å²) in [6, 6.07) is 10.0. The molecule has 4 aromatic rings. The van der Waals surface area contributed by atoms with Crippen LogP contribution in [0.15, 0.2) is 47.5 Å². The van der Waals surface area contributed by atoms with E-state index >= 15 is 0 Å². The highest BCUT2D eigenvalue weighted by Crippen LogP contribution is 2.29. The molecule has 0 spiro atoms. The fraction of sp³-hybridized carbons (Fsp3) is 0.375. The molecule has 0 aliphatic rings. The monoisotopic (exact) mass is 465 g/mol. The van der Waals surface area contributed by atoms with Crippen molar-refractivity contribution in [3.8, 4) is 22.5 Å². The first-order chi connectivity index (χ1) is 16.1. The first-order valence-electron chi connectivity index (χ1n) is 11.4. The number of nitrogens with zero attached hydrogens (tertiary/aromatic N) is 6. The van der Waals surface area contributed by atoms with Gasteiger partial charge >= 0.3 is 5.69 Å². The van der Waals surface area contributed by atoms with Crippen LogP contribution >= 0.6 is 11.6 Å². The van der Waals surface area contributed by atoms with Gasteiger partial charge in [-0.3, -0.25) is 14.1 Å². The molecule has 0 saturated heterocycles. The second-order valence-electron chi connectivity index (χ2n) is 8.08. The fourth-order valence-electron chi connectivity index (χ4n) is 4.05. The predicted molar refractivity (Wildman–Crippen MR) is 129 cm³/mol. The molecule has 0 radical (unpaired) electrons. The van der Waals surface area contributed by atoms with E-state index in [1.807, 2.05) is 34.9 Å². The van der Waals surface area contributed by atoms with Crippen molar-refractivity contribution in [1.29, 1.82) is 0 Å². The lowest BCUT2D eigenvalue weighted by atomic mass is 10.0. The van der Waals surface area contributed by atoms with Crippen molar-refractivity contribution in [2.24, 2.45) is 0 Å². The van der Waals surface area contributed by atoms with E-state index in [2.05, 4.69) is 39.5 Å². The molecule has 0 aliphatic carbocycles. The number of hydrogen-bond donors (Lipinski definition) is 1. The lowest BCUT2D eigenvalue weighted by molar-refractivity contribution is 0.615. The van der Waals surface area contributed by atoms with Crippen molar-refractivity contribution >= 4 is 11.6 Å². The molecule has 1 aromatic carbocycles. The quantitative estimate of drug-likeness (QED) is 0.341. The van der Waals surface area contributed by atoms with Crippen LogP contribution in [0.1, 0.15) is 50.8 Å². The Labute approximate surface area is 197 Å². The molecule has 4 rings (SSSR count). The molecule has 0 bridgehead atoms. The summed E-state index contributed by atoms with van der Waals surface area (Å²) in [6.07, 6.45) is 8.44. The summed E-state index contributed by atoms with van der Waals surface area (Å²) in [5, 5.41) is 14.8. The minimum absolute atomic E-state index is 0.0372. The van der Waals surface area contributed by atoms with Gasteiger partial charge in [0.05, 0.1) is 12.2 Å². The summed E-state index contributed by atoms with van der Waals surface area (Å²) in [5.41, 5.74) is 4.73. The number of H-pyrrole nitrogens is 1. The molecule has 0 fully saturated rings. The molecule has 8 nitrogen and oxygen atoms in total. The Hall–Kier alpha value is -3.26. The number of aromatic nitrogens is 7. The molecule has 0 saturated carbocycles. The third-order valence-electron chi connectivity index (χ3n) is 5.75. The van der Waals surface area contributed by atoms with E-state index in [-0.39, 0.29) is 5.69 Å². The molecule has 172 valence electrons. The van der Waals surface area contributed by atoms with Gasteiger partial charge in [-0.15, -0.1) is 5.10 Å². The fourth-order valence-corrected chi connectivity index (χ4v) is 4.40. The smallest absolute Gasteiger partial charge is 0.290 e. The number of hydrogen-bond acceptors (Lipinski definition) is 5. The van der Waals surface area contributed by atoms with E-state index in [4.69, 9.17) is 11.6 Å². The number of unbranched alkanes of at least 4 members (excludes halogenated alkanes) is 2. The van der Waals surface area contributed by atoms with E-state index in [1.54, 1.807) is 17.0 Å².